The van der Waals surface area contributed by atoms with Crippen LogP contribution in [0, 0.1) is 11.6 Å². The van der Waals surface area contributed by atoms with Crippen LogP contribution in [-0.4, -0.2) is 25.7 Å². The quantitative estimate of drug-likeness (QED) is 0.851. The van der Waals surface area contributed by atoms with Crippen molar-refractivity contribution in [2.75, 3.05) is 6.26 Å². The maximum absolute atomic E-state index is 13.8. The molecule has 0 spiro atoms. The summed E-state index contributed by atoms with van der Waals surface area (Å²) in [6, 6.07) is -0.0991. The number of carbonyl (C=O) groups is 1. The van der Waals surface area contributed by atoms with Crippen molar-refractivity contribution < 1.29 is 27.1 Å². The number of hydrogen-bond acceptors (Lipinski definition) is 4. The molecule has 1 aromatic carbocycles. The van der Waals surface area contributed by atoms with Gasteiger partial charge in [0.05, 0.1) is 6.42 Å². The Morgan fingerprint density at radius 3 is 2.44 bits per heavy atom. The fourth-order valence-corrected chi connectivity index (χ4v) is 2.19. The lowest BCUT2D eigenvalue weighted by Gasteiger charge is -2.13. The summed E-state index contributed by atoms with van der Waals surface area (Å²) in [6.07, 6.45) is 0.0843. The van der Waals surface area contributed by atoms with Gasteiger partial charge in [-0.25, -0.2) is 17.2 Å². The van der Waals surface area contributed by atoms with Gasteiger partial charge in [0.15, 0.2) is 9.84 Å². The summed E-state index contributed by atoms with van der Waals surface area (Å²) in [5, 5.41) is 8.52. The summed E-state index contributed by atoms with van der Waals surface area (Å²) >= 11 is 0. The Balaban J connectivity index is 3.38. The molecule has 0 saturated carbocycles. The Morgan fingerprint density at radius 1 is 1.44 bits per heavy atom. The first-order valence-electron chi connectivity index (χ1n) is 4.79. The number of benzene rings is 1. The zero-order valence-electron chi connectivity index (χ0n) is 9.35. The SMILES string of the molecule is CS(=O)(=O)c1cc(F)cc(C(N)CC(=O)O)c1F. The second kappa shape index (κ2) is 4.99. The third kappa shape index (κ3) is 3.23. The molecule has 0 radical (unpaired) electrons. The van der Waals surface area contributed by atoms with Crippen molar-refractivity contribution in [2.24, 2.45) is 5.73 Å². The van der Waals surface area contributed by atoms with E-state index in [9.17, 15) is 22.0 Å². The highest BCUT2D eigenvalue weighted by Gasteiger charge is 2.23. The van der Waals surface area contributed by atoms with Crippen LogP contribution in [0.5, 0.6) is 0 Å². The standard InChI is InChI=1S/C10H11F2NO4S/c1-18(16,17)8-3-5(11)2-6(10(8)12)7(13)4-9(14)15/h2-3,7H,4,13H2,1H3,(H,14,15). The Morgan fingerprint density at radius 2 is 2.00 bits per heavy atom. The molecule has 5 nitrogen and oxygen atoms in total. The normalized spacial score (nSPS) is 13.3. The Bertz CT molecular complexity index is 586. The molecule has 0 amide bonds. The number of carboxylic acid groups (broad SMARTS) is 1. The largest absolute Gasteiger partial charge is 0.481 e. The molecule has 18 heavy (non-hydrogen) atoms. The molecule has 0 bridgehead atoms. The van der Waals surface area contributed by atoms with Crippen molar-refractivity contribution in [3.8, 4) is 0 Å². The van der Waals surface area contributed by atoms with Crippen LogP contribution in [0.1, 0.15) is 18.0 Å². The van der Waals surface area contributed by atoms with Crippen molar-refractivity contribution in [1.29, 1.82) is 0 Å². The number of aliphatic carboxylic acids is 1. The predicted molar refractivity (Wildman–Crippen MR) is 58.6 cm³/mol. The zero-order valence-corrected chi connectivity index (χ0v) is 10.2. The first-order valence-corrected chi connectivity index (χ1v) is 6.68. The molecule has 1 unspecified atom stereocenters. The molecule has 0 saturated heterocycles. The number of rotatable bonds is 4. The van der Waals surface area contributed by atoms with E-state index in [0.29, 0.717) is 12.1 Å². The lowest BCUT2D eigenvalue weighted by Crippen LogP contribution is -2.18. The van der Waals surface area contributed by atoms with Gasteiger partial charge in [0, 0.05) is 17.9 Å². The van der Waals surface area contributed by atoms with Gasteiger partial charge < -0.3 is 10.8 Å². The smallest absolute Gasteiger partial charge is 0.305 e. The highest BCUT2D eigenvalue weighted by Crippen LogP contribution is 2.25. The maximum Gasteiger partial charge on any atom is 0.305 e. The van der Waals surface area contributed by atoms with Gasteiger partial charge in [0.2, 0.25) is 0 Å². The van der Waals surface area contributed by atoms with E-state index in [1.807, 2.05) is 0 Å². The van der Waals surface area contributed by atoms with Crippen LogP contribution in [0.15, 0.2) is 17.0 Å². The lowest BCUT2D eigenvalue weighted by atomic mass is 10.0. The monoisotopic (exact) mass is 279 g/mol. The van der Waals surface area contributed by atoms with Crippen LogP contribution in [0.25, 0.3) is 0 Å². The van der Waals surface area contributed by atoms with Crippen LogP contribution in [0.2, 0.25) is 0 Å². The Labute approximate surface area is 102 Å². The van der Waals surface area contributed by atoms with Gasteiger partial charge in [-0.15, -0.1) is 0 Å². The van der Waals surface area contributed by atoms with Gasteiger partial charge >= 0.3 is 5.97 Å². The third-order valence-corrected chi connectivity index (χ3v) is 3.32. The predicted octanol–water partition coefficient (Wildman–Crippen LogP) is 0.843. The summed E-state index contributed by atoms with van der Waals surface area (Å²) in [4.78, 5) is 9.61. The number of halogens is 2. The summed E-state index contributed by atoms with van der Waals surface area (Å²) in [5.41, 5.74) is 4.92. The molecule has 1 aromatic rings. The summed E-state index contributed by atoms with van der Waals surface area (Å²) in [5.74, 6) is -3.51. The van der Waals surface area contributed by atoms with Gasteiger partial charge in [0.1, 0.15) is 16.5 Å². The third-order valence-electron chi connectivity index (χ3n) is 2.23. The van der Waals surface area contributed by atoms with Gasteiger partial charge in [-0.3, -0.25) is 4.79 Å². The summed E-state index contributed by atoms with van der Waals surface area (Å²) in [6.45, 7) is 0. The average molecular weight is 279 g/mol. The molecule has 8 heteroatoms. The molecule has 0 fully saturated rings. The highest BCUT2D eigenvalue weighted by atomic mass is 32.2. The van der Waals surface area contributed by atoms with Crippen molar-refractivity contribution in [3.63, 3.8) is 0 Å². The van der Waals surface area contributed by atoms with E-state index in [1.165, 1.54) is 0 Å². The second-order valence-corrected chi connectivity index (χ2v) is 5.77. The fourth-order valence-electron chi connectivity index (χ4n) is 1.42. The molecular formula is C10H11F2NO4S. The summed E-state index contributed by atoms with van der Waals surface area (Å²) in [7, 11) is -3.96. The maximum atomic E-state index is 13.8. The van der Waals surface area contributed by atoms with Crippen molar-refractivity contribution in [2.45, 2.75) is 17.4 Å². The minimum absolute atomic E-state index is 0.474. The molecular weight excluding hydrogens is 268 g/mol. The van der Waals surface area contributed by atoms with Crippen LogP contribution < -0.4 is 5.73 Å². The molecule has 3 N–H and O–H groups in total. The second-order valence-electron chi connectivity index (χ2n) is 3.78. The molecule has 0 heterocycles. The van der Waals surface area contributed by atoms with Crippen molar-refractivity contribution in [3.05, 3.63) is 29.3 Å². The van der Waals surface area contributed by atoms with Gasteiger partial charge in [-0.1, -0.05) is 0 Å². The van der Waals surface area contributed by atoms with E-state index >= 15 is 0 Å². The van der Waals surface area contributed by atoms with E-state index in [1.54, 1.807) is 0 Å². The molecule has 0 aliphatic heterocycles. The average Bonchev–Trinajstić information content (AvgIpc) is 2.18. The van der Waals surface area contributed by atoms with Crippen LogP contribution >= 0.6 is 0 Å². The van der Waals surface area contributed by atoms with Crippen LogP contribution in [0.4, 0.5) is 8.78 Å². The Kier molecular flexibility index (Phi) is 4.02. The number of nitrogens with two attached hydrogens (primary N) is 1. The topological polar surface area (TPSA) is 97.5 Å². The Hall–Kier alpha value is -1.54. The zero-order chi connectivity index (χ0) is 14.1. The molecule has 1 rings (SSSR count). The van der Waals surface area contributed by atoms with Crippen molar-refractivity contribution in [1.82, 2.24) is 0 Å². The molecule has 0 aliphatic carbocycles. The first-order chi connectivity index (χ1) is 8.12. The van der Waals surface area contributed by atoms with Crippen LogP contribution in [0.3, 0.4) is 0 Å². The number of sulfone groups is 1. The van der Waals surface area contributed by atoms with E-state index in [4.69, 9.17) is 10.8 Å². The molecule has 1 atom stereocenters. The van der Waals surface area contributed by atoms with Gasteiger partial charge in [-0.05, 0) is 12.1 Å². The molecule has 0 aromatic heterocycles. The fraction of sp³-hybridized carbons (Fsp3) is 0.300. The first kappa shape index (κ1) is 14.5. The van der Waals surface area contributed by atoms with Gasteiger partial charge in [-0.2, -0.15) is 0 Å². The van der Waals surface area contributed by atoms with Crippen molar-refractivity contribution >= 4 is 15.8 Å². The van der Waals surface area contributed by atoms with Crippen LogP contribution in [-0.2, 0) is 14.6 Å². The molecule has 100 valence electrons. The number of hydrogen-bond donors (Lipinski definition) is 2. The number of carboxylic acids is 1. The van der Waals surface area contributed by atoms with E-state index in [-0.39, 0.29) is 0 Å². The van der Waals surface area contributed by atoms with E-state index < -0.39 is 50.4 Å². The van der Waals surface area contributed by atoms with Gasteiger partial charge in [0.25, 0.3) is 0 Å². The lowest BCUT2D eigenvalue weighted by molar-refractivity contribution is -0.137. The molecule has 0 aliphatic rings. The minimum Gasteiger partial charge on any atom is -0.481 e. The van der Waals surface area contributed by atoms with E-state index in [0.717, 1.165) is 6.26 Å². The summed E-state index contributed by atoms with van der Waals surface area (Å²) < 4.78 is 49.5. The highest BCUT2D eigenvalue weighted by molar-refractivity contribution is 7.90. The van der Waals surface area contributed by atoms with E-state index in [2.05, 4.69) is 0 Å². The minimum atomic E-state index is -3.96.